The summed E-state index contributed by atoms with van der Waals surface area (Å²) in [5.74, 6) is -0.0269. The van der Waals surface area contributed by atoms with Crippen LogP contribution >= 0.6 is 0 Å². The Kier molecular flexibility index (Phi) is 10.3. The number of alkyl carbamates (subject to hydrolysis) is 1. The summed E-state index contributed by atoms with van der Waals surface area (Å²) in [6, 6.07) is 18.3. The average molecular weight is 524 g/mol. The third-order valence-electron chi connectivity index (χ3n) is 6.92. The SMILES string of the molecule is COC(=O)N[C@@H](Cc1ccccc1)C(=O)NCCC[C@@H](C)N1C(=O)[C@@](CC(C)C)(c2ccccc2)NC1N. The summed E-state index contributed by atoms with van der Waals surface area (Å²) >= 11 is 0. The Hall–Kier alpha value is -3.43. The second-order valence-corrected chi connectivity index (χ2v) is 10.3. The Morgan fingerprint density at radius 2 is 1.71 bits per heavy atom. The van der Waals surface area contributed by atoms with Gasteiger partial charge in [0.2, 0.25) is 11.8 Å². The second kappa shape index (κ2) is 13.4. The molecule has 0 aromatic heterocycles. The van der Waals surface area contributed by atoms with E-state index >= 15 is 0 Å². The third-order valence-corrected chi connectivity index (χ3v) is 6.92. The largest absolute Gasteiger partial charge is 0.453 e. The summed E-state index contributed by atoms with van der Waals surface area (Å²) in [4.78, 5) is 40.2. The minimum Gasteiger partial charge on any atom is -0.453 e. The van der Waals surface area contributed by atoms with Crippen molar-refractivity contribution < 1.29 is 19.1 Å². The van der Waals surface area contributed by atoms with Gasteiger partial charge in [0.1, 0.15) is 17.9 Å². The number of hydrogen-bond acceptors (Lipinski definition) is 6. The van der Waals surface area contributed by atoms with Gasteiger partial charge in [0.05, 0.1) is 7.11 Å². The number of nitrogens with one attached hydrogen (secondary N) is 3. The number of rotatable bonds is 12. The van der Waals surface area contributed by atoms with Crippen LogP contribution in [0.15, 0.2) is 60.7 Å². The lowest BCUT2D eigenvalue weighted by atomic mass is 9.82. The van der Waals surface area contributed by atoms with E-state index in [0.29, 0.717) is 32.2 Å². The topological polar surface area (TPSA) is 126 Å². The number of ether oxygens (including phenoxy) is 1. The molecule has 206 valence electrons. The molecule has 1 fully saturated rings. The van der Waals surface area contributed by atoms with E-state index in [1.54, 1.807) is 4.90 Å². The Balaban J connectivity index is 1.59. The molecule has 9 heteroatoms. The molecule has 1 heterocycles. The highest BCUT2D eigenvalue weighted by molar-refractivity contribution is 5.90. The average Bonchev–Trinajstić information content (AvgIpc) is 3.16. The molecular formula is C29H41N5O4. The third kappa shape index (κ3) is 7.11. The van der Waals surface area contributed by atoms with Gasteiger partial charge in [-0.15, -0.1) is 0 Å². The summed E-state index contributed by atoms with van der Waals surface area (Å²) in [7, 11) is 1.26. The molecule has 0 bridgehead atoms. The molecule has 0 spiro atoms. The highest BCUT2D eigenvalue weighted by Gasteiger charge is 2.52. The zero-order chi connectivity index (χ0) is 27.7. The monoisotopic (exact) mass is 523 g/mol. The number of nitrogens with two attached hydrogens (primary N) is 1. The highest BCUT2D eigenvalue weighted by Crippen LogP contribution is 2.36. The first-order valence-electron chi connectivity index (χ1n) is 13.3. The number of methoxy groups -OCH3 is 1. The van der Waals surface area contributed by atoms with Crippen LogP contribution in [0.25, 0.3) is 0 Å². The van der Waals surface area contributed by atoms with Crippen LogP contribution in [0.5, 0.6) is 0 Å². The van der Waals surface area contributed by atoms with Crippen LogP contribution in [0.4, 0.5) is 4.79 Å². The van der Waals surface area contributed by atoms with Crippen LogP contribution < -0.4 is 21.7 Å². The van der Waals surface area contributed by atoms with E-state index in [2.05, 4.69) is 29.8 Å². The van der Waals surface area contributed by atoms with Crippen molar-refractivity contribution in [1.29, 1.82) is 0 Å². The first-order chi connectivity index (χ1) is 18.2. The van der Waals surface area contributed by atoms with Gasteiger partial charge in [-0.3, -0.25) is 20.6 Å². The van der Waals surface area contributed by atoms with Crippen LogP contribution in [0.1, 0.15) is 51.2 Å². The molecule has 2 aromatic carbocycles. The van der Waals surface area contributed by atoms with E-state index in [0.717, 1.165) is 11.1 Å². The maximum Gasteiger partial charge on any atom is 0.407 e. The maximum absolute atomic E-state index is 13.8. The standard InChI is InChI=1S/C29H41N5O4/c1-20(2)19-29(23-15-9-6-10-16-23)26(36)34(27(30)33-29)21(3)12-11-17-31-25(35)24(32-28(37)38-4)18-22-13-7-5-8-14-22/h5-10,13-16,20-21,24,27,33H,11-12,17-19,30H2,1-4H3,(H,31,35)(H,32,37)/t21-,24+,27?,29-/m1/s1. The fourth-order valence-corrected chi connectivity index (χ4v) is 5.14. The molecule has 9 nitrogen and oxygen atoms in total. The van der Waals surface area contributed by atoms with E-state index in [9.17, 15) is 14.4 Å². The lowest BCUT2D eigenvalue weighted by molar-refractivity contribution is -0.136. The second-order valence-electron chi connectivity index (χ2n) is 10.3. The van der Waals surface area contributed by atoms with E-state index in [-0.39, 0.29) is 23.8 Å². The molecule has 0 saturated carbocycles. The minimum atomic E-state index is -0.860. The Bertz CT molecular complexity index is 1070. The normalized spacial score (nSPS) is 20.7. The Morgan fingerprint density at radius 1 is 1.08 bits per heavy atom. The number of nitrogens with zero attached hydrogens (tertiary/aromatic N) is 1. The predicted octanol–water partition coefficient (Wildman–Crippen LogP) is 2.85. The van der Waals surface area contributed by atoms with Gasteiger partial charge in [-0.25, -0.2) is 4.79 Å². The van der Waals surface area contributed by atoms with Crippen LogP contribution in [0.3, 0.4) is 0 Å². The molecule has 4 atom stereocenters. The van der Waals surface area contributed by atoms with Gasteiger partial charge in [0.15, 0.2) is 0 Å². The van der Waals surface area contributed by atoms with E-state index in [1.807, 2.05) is 67.6 Å². The van der Waals surface area contributed by atoms with Crippen molar-refractivity contribution in [2.75, 3.05) is 13.7 Å². The van der Waals surface area contributed by atoms with Gasteiger partial charge in [-0.2, -0.15) is 0 Å². The van der Waals surface area contributed by atoms with Gasteiger partial charge in [-0.05, 0) is 43.2 Å². The van der Waals surface area contributed by atoms with Gasteiger partial charge < -0.3 is 20.3 Å². The molecule has 1 aliphatic heterocycles. The minimum absolute atomic E-state index is 0.0216. The number of benzene rings is 2. The van der Waals surface area contributed by atoms with Crippen molar-refractivity contribution in [3.63, 3.8) is 0 Å². The fraction of sp³-hybridized carbons (Fsp3) is 0.483. The Morgan fingerprint density at radius 3 is 2.32 bits per heavy atom. The molecule has 38 heavy (non-hydrogen) atoms. The molecule has 3 amide bonds. The van der Waals surface area contributed by atoms with Crippen LogP contribution in [0, 0.1) is 5.92 Å². The molecule has 2 aromatic rings. The van der Waals surface area contributed by atoms with Gasteiger partial charge in [-0.1, -0.05) is 74.5 Å². The first-order valence-corrected chi connectivity index (χ1v) is 13.3. The number of hydrogen-bond donors (Lipinski definition) is 4. The van der Waals surface area contributed by atoms with Crippen molar-refractivity contribution in [3.8, 4) is 0 Å². The summed E-state index contributed by atoms with van der Waals surface area (Å²) < 4.78 is 4.69. The number of carbonyl (C=O) groups is 3. The fourth-order valence-electron chi connectivity index (χ4n) is 5.14. The quantitative estimate of drug-likeness (QED) is 0.317. The van der Waals surface area contributed by atoms with E-state index < -0.39 is 24.0 Å². The summed E-state index contributed by atoms with van der Waals surface area (Å²) in [6.45, 7) is 6.58. The van der Waals surface area contributed by atoms with Crippen molar-refractivity contribution in [1.82, 2.24) is 20.9 Å². The summed E-state index contributed by atoms with van der Waals surface area (Å²) in [6.07, 6.45) is 1.01. The molecule has 5 N–H and O–H groups in total. The number of carbonyl (C=O) groups excluding carboxylic acids is 3. The summed E-state index contributed by atoms with van der Waals surface area (Å²) in [5.41, 5.74) is 7.44. The van der Waals surface area contributed by atoms with Crippen molar-refractivity contribution in [2.45, 2.75) is 70.4 Å². The number of amides is 3. The lowest BCUT2D eigenvalue weighted by Gasteiger charge is -2.31. The van der Waals surface area contributed by atoms with E-state index in [1.165, 1.54) is 7.11 Å². The van der Waals surface area contributed by atoms with Crippen LogP contribution in [0.2, 0.25) is 0 Å². The molecule has 0 aliphatic carbocycles. The molecular weight excluding hydrogens is 482 g/mol. The van der Waals surface area contributed by atoms with Gasteiger partial charge in [0.25, 0.3) is 0 Å². The van der Waals surface area contributed by atoms with E-state index in [4.69, 9.17) is 10.5 Å². The molecule has 1 aliphatic rings. The van der Waals surface area contributed by atoms with Gasteiger partial charge in [0, 0.05) is 19.0 Å². The van der Waals surface area contributed by atoms with Crippen LogP contribution in [-0.4, -0.2) is 54.8 Å². The highest BCUT2D eigenvalue weighted by atomic mass is 16.5. The first kappa shape index (κ1) is 29.1. The predicted molar refractivity (Wildman–Crippen MR) is 147 cm³/mol. The Labute approximate surface area is 225 Å². The van der Waals surface area contributed by atoms with Crippen molar-refractivity contribution in [3.05, 3.63) is 71.8 Å². The smallest absolute Gasteiger partial charge is 0.407 e. The van der Waals surface area contributed by atoms with Crippen molar-refractivity contribution in [2.24, 2.45) is 11.7 Å². The maximum atomic E-state index is 13.8. The molecule has 3 rings (SSSR count). The zero-order valence-corrected chi connectivity index (χ0v) is 22.8. The van der Waals surface area contributed by atoms with Crippen molar-refractivity contribution >= 4 is 17.9 Å². The molecule has 1 unspecified atom stereocenters. The van der Waals surface area contributed by atoms with Gasteiger partial charge >= 0.3 is 6.09 Å². The lowest BCUT2D eigenvalue weighted by Crippen LogP contribution is -2.50. The van der Waals surface area contributed by atoms with Crippen LogP contribution in [-0.2, 0) is 26.3 Å². The molecule has 0 radical (unpaired) electrons. The molecule has 1 saturated heterocycles. The zero-order valence-electron chi connectivity index (χ0n) is 22.8. The summed E-state index contributed by atoms with van der Waals surface area (Å²) in [5, 5.41) is 8.92.